The molecule has 24 heavy (non-hydrogen) atoms. The number of carbonyl (C=O) groups is 3. The topological polar surface area (TPSA) is 92.7 Å². The molecule has 3 rings (SSSR count). The first-order valence-corrected chi connectivity index (χ1v) is 8.73. The Morgan fingerprint density at radius 2 is 1.96 bits per heavy atom. The molecule has 2 aliphatic carbocycles. The van der Waals surface area contributed by atoms with Gasteiger partial charge in [0.15, 0.2) is 0 Å². The summed E-state index contributed by atoms with van der Waals surface area (Å²) in [5.41, 5.74) is 0.318. The summed E-state index contributed by atoms with van der Waals surface area (Å²) in [7, 11) is 0. The molecule has 2 N–H and O–H groups in total. The van der Waals surface area contributed by atoms with E-state index in [0.717, 1.165) is 4.88 Å². The van der Waals surface area contributed by atoms with E-state index in [1.165, 1.54) is 11.3 Å². The van der Waals surface area contributed by atoms with Crippen molar-refractivity contribution in [2.24, 2.45) is 23.7 Å². The number of aryl methyl sites for hydroxylation is 1. The lowest BCUT2D eigenvalue weighted by molar-refractivity contribution is -0.146. The first kappa shape index (κ1) is 16.7. The highest BCUT2D eigenvalue weighted by Crippen LogP contribution is 2.48. The first-order chi connectivity index (χ1) is 11.4. The zero-order valence-corrected chi connectivity index (χ0v) is 14.3. The lowest BCUT2D eigenvalue weighted by Gasteiger charge is -2.23. The van der Waals surface area contributed by atoms with Gasteiger partial charge in [-0.05, 0) is 38.2 Å². The van der Waals surface area contributed by atoms with Crippen LogP contribution in [-0.4, -0.2) is 29.6 Å². The van der Waals surface area contributed by atoms with E-state index in [4.69, 9.17) is 4.74 Å². The Kier molecular flexibility index (Phi) is 4.45. The van der Waals surface area contributed by atoms with Crippen LogP contribution in [0.5, 0.6) is 0 Å². The Morgan fingerprint density at radius 3 is 2.58 bits per heavy atom. The summed E-state index contributed by atoms with van der Waals surface area (Å²) >= 11 is 1.29. The normalized spacial score (nSPS) is 27.2. The van der Waals surface area contributed by atoms with Crippen LogP contribution in [0.2, 0.25) is 0 Å². The van der Waals surface area contributed by atoms with Crippen LogP contribution in [0.25, 0.3) is 0 Å². The maximum Gasteiger partial charge on any atom is 0.341 e. The highest BCUT2D eigenvalue weighted by atomic mass is 32.1. The van der Waals surface area contributed by atoms with Crippen molar-refractivity contribution >= 4 is 34.2 Å². The summed E-state index contributed by atoms with van der Waals surface area (Å²) in [6, 6.07) is 1.67. The molecular formula is C17H19NO5S. The summed E-state index contributed by atoms with van der Waals surface area (Å²) in [5.74, 6) is -3.21. The van der Waals surface area contributed by atoms with Gasteiger partial charge in [0.2, 0.25) is 5.91 Å². The average molecular weight is 349 g/mol. The van der Waals surface area contributed by atoms with Crippen molar-refractivity contribution in [2.75, 3.05) is 11.9 Å². The zero-order valence-electron chi connectivity index (χ0n) is 13.4. The number of hydrogen-bond donors (Lipinski definition) is 2. The van der Waals surface area contributed by atoms with Gasteiger partial charge in [0.25, 0.3) is 0 Å². The second-order valence-electron chi connectivity index (χ2n) is 6.15. The Bertz CT molecular complexity index is 723. The van der Waals surface area contributed by atoms with Gasteiger partial charge < -0.3 is 15.2 Å². The molecule has 2 aliphatic rings. The van der Waals surface area contributed by atoms with Gasteiger partial charge in [-0.3, -0.25) is 9.59 Å². The molecule has 128 valence electrons. The van der Waals surface area contributed by atoms with Crippen LogP contribution in [0, 0.1) is 30.6 Å². The van der Waals surface area contributed by atoms with Crippen molar-refractivity contribution in [3.8, 4) is 0 Å². The number of rotatable bonds is 5. The molecule has 1 heterocycles. The summed E-state index contributed by atoms with van der Waals surface area (Å²) < 4.78 is 5.01. The molecule has 0 aliphatic heterocycles. The number of aliphatic carboxylic acids is 1. The van der Waals surface area contributed by atoms with E-state index in [-0.39, 0.29) is 24.3 Å². The summed E-state index contributed by atoms with van der Waals surface area (Å²) in [5, 5.41) is 12.6. The number of anilines is 1. The van der Waals surface area contributed by atoms with Crippen molar-refractivity contribution in [1.29, 1.82) is 0 Å². The Labute approximate surface area is 143 Å². The fraction of sp³-hybridized carbons (Fsp3) is 0.471. The molecule has 7 heteroatoms. The maximum atomic E-state index is 12.7. The van der Waals surface area contributed by atoms with E-state index < -0.39 is 23.8 Å². The van der Waals surface area contributed by atoms with Gasteiger partial charge >= 0.3 is 11.9 Å². The molecule has 0 radical (unpaired) electrons. The SMILES string of the molecule is CCOC(=O)c1cc(C)sc1NC(=O)[C@@H]1[C@H](C(=O)O)[C@H]2C=C[C@H]1C2. The van der Waals surface area contributed by atoms with Gasteiger partial charge in [0.1, 0.15) is 5.00 Å². The third-order valence-corrected chi connectivity index (χ3v) is 5.60. The number of esters is 1. The molecule has 4 atom stereocenters. The molecule has 0 unspecified atom stereocenters. The monoisotopic (exact) mass is 349 g/mol. The van der Waals surface area contributed by atoms with Crippen LogP contribution in [0.4, 0.5) is 5.00 Å². The van der Waals surface area contributed by atoms with Crippen LogP contribution in [-0.2, 0) is 14.3 Å². The van der Waals surface area contributed by atoms with E-state index in [0.29, 0.717) is 17.0 Å². The standard InChI is InChI=1S/C17H19NO5S/c1-3-23-17(22)11-6-8(2)24-15(11)18-14(19)12-9-4-5-10(7-9)13(12)16(20)21/h4-6,9-10,12-13H,3,7H2,1-2H3,(H,18,19)(H,20,21)/t9-,10-,12-,13+/m0/s1. The molecule has 0 aromatic carbocycles. The number of amides is 1. The number of carbonyl (C=O) groups excluding carboxylic acids is 2. The van der Waals surface area contributed by atoms with Crippen molar-refractivity contribution < 1.29 is 24.2 Å². The highest BCUT2D eigenvalue weighted by molar-refractivity contribution is 7.16. The van der Waals surface area contributed by atoms with Crippen LogP contribution in [0.3, 0.4) is 0 Å². The second-order valence-corrected chi connectivity index (χ2v) is 7.40. The van der Waals surface area contributed by atoms with E-state index in [1.54, 1.807) is 13.0 Å². The number of fused-ring (bicyclic) bond motifs is 2. The number of allylic oxidation sites excluding steroid dienone is 2. The minimum Gasteiger partial charge on any atom is -0.481 e. The minimum absolute atomic E-state index is 0.0526. The lowest BCUT2D eigenvalue weighted by Crippen LogP contribution is -2.36. The zero-order chi connectivity index (χ0) is 17.4. The predicted octanol–water partition coefficient (Wildman–Crippen LogP) is 2.69. The van der Waals surface area contributed by atoms with Gasteiger partial charge in [-0.1, -0.05) is 12.2 Å². The van der Waals surface area contributed by atoms with Gasteiger partial charge in [-0.25, -0.2) is 4.79 Å². The average Bonchev–Trinajstić information content (AvgIpc) is 3.20. The van der Waals surface area contributed by atoms with Crippen molar-refractivity contribution in [2.45, 2.75) is 20.3 Å². The first-order valence-electron chi connectivity index (χ1n) is 7.92. The Hall–Kier alpha value is -2.15. The molecule has 1 fully saturated rings. The molecule has 6 nitrogen and oxygen atoms in total. The summed E-state index contributed by atoms with van der Waals surface area (Å²) in [6.07, 6.45) is 4.52. The summed E-state index contributed by atoms with van der Waals surface area (Å²) in [4.78, 5) is 37.1. The summed E-state index contributed by atoms with van der Waals surface area (Å²) in [6.45, 7) is 3.80. The van der Waals surface area contributed by atoms with Crippen molar-refractivity contribution in [3.63, 3.8) is 0 Å². The fourth-order valence-electron chi connectivity index (χ4n) is 3.68. The quantitative estimate of drug-likeness (QED) is 0.630. The van der Waals surface area contributed by atoms with Gasteiger partial charge in [0, 0.05) is 4.88 Å². The lowest BCUT2D eigenvalue weighted by atomic mass is 9.82. The van der Waals surface area contributed by atoms with Gasteiger partial charge in [0.05, 0.1) is 24.0 Å². The number of carboxylic acids is 1. The Morgan fingerprint density at radius 1 is 1.29 bits per heavy atom. The third-order valence-electron chi connectivity index (χ3n) is 4.63. The van der Waals surface area contributed by atoms with Crippen molar-refractivity contribution in [3.05, 3.63) is 28.7 Å². The molecule has 2 bridgehead atoms. The molecule has 1 aromatic heterocycles. The number of ether oxygens (including phenoxy) is 1. The van der Waals surface area contributed by atoms with Crippen LogP contribution in [0.15, 0.2) is 18.2 Å². The van der Waals surface area contributed by atoms with Gasteiger partial charge in [-0.15, -0.1) is 11.3 Å². The smallest absolute Gasteiger partial charge is 0.341 e. The van der Waals surface area contributed by atoms with Crippen LogP contribution < -0.4 is 5.32 Å². The van der Waals surface area contributed by atoms with E-state index in [1.807, 2.05) is 19.1 Å². The number of carboxylic acid groups (broad SMARTS) is 1. The molecule has 1 aromatic rings. The third kappa shape index (κ3) is 2.84. The van der Waals surface area contributed by atoms with Crippen LogP contribution >= 0.6 is 11.3 Å². The van der Waals surface area contributed by atoms with E-state index >= 15 is 0 Å². The number of nitrogens with one attached hydrogen (secondary N) is 1. The minimum atomic E-state index is -0.944. The molecule has 1 saturated carbocycles. The highest BCUT2D eigenvalue weighted by Gasteiger charge is 2.51. The number of hydrogen-bond acceptors (Lipinski definition) is 5. The van der Waals surface area contributed by atoms with E-state index in [9.17, 15) is 19.5 Å². The number of thiophene rings is 1. The maximum absolute atomic E-state index is 12.7. The molecule has 1 amide bonds. The molecule has 0 spiro atoms. The largest absolute Gasteiger partial charge is 0.481 e. The van der Waals surface area contributed by atoms with Crippen LogP contribution in [0.1, 0.15) is 28.6 Å². The fourth-order valence-corrected chi connectivity index (χ4v) is 4.58. The Balaban J connectivity index is 1.82. The predicted molar refractivity (Wildman–Crippen MR) is 89.0 cm³/mol. The van der Waals surface area contributed by atoms with E-state index in [2.05, 4.69) is 5.32 Å². The van der Waals surface area contributed by atoms with Crippen molar-refractivity contribution in [1.82, 2.24) is 0 Å². The molecular weight excluding hydrogens is 330 g/mol. The van der Waals surface area contributed by atoms with Gasteiger partial charge in [-0.2, -0.15) is 0 Å². The second kappa shape index (κ2) is 6.39. The molecule has 0 saturated heterocycles.